The highest BCUT2D eigenvalue weighted by atomic mass is 16.3. The van der Waals surface area contributed by atoms with E-state index >= 15 is 0 Å². The molecule has 2 unspecified atom stereocenters. The maximum atomic E-state index is 9.48. The molecule has 12 heavy (non-hydrogen) atoms. The summed E-state index contributed by atoms with van der Waals surface area (Å²) in [6.45, 7) is 5.63. The van der Waals surface area contributed by atoms with Crippen molar-refractivity contribution in [2.75, 3.05) is 0 Å². The minimum atomic E-state index is -0.780. The second kappa shape index (κ2) is 5.98. The number of aliphatic hydroxyl groups excluding tert-OH is 2. The number of hydrogen-bond acceptors (Lipinski definition) is 2. The van der Waals surface area contributed by atoms with Gasteiger partial charge in [-0.3, -0.25) is 0 Å². The molecule has 0 heterocycles. The van der Waals surface area contributed by atoms with E-state index in [1.54, 1.807) is 12.2 Å². The molecule has 2 heteroatoms. The standard InChI is InChI=1S/C10H18O2/c1-4-6-8(3)10(12)9(11)7-5-2/h5-7,9-12H,4H2,1-3H3/b7-5+,8-6+. The lowest BCUT2D eigenvalue weighted by atomic mass is 10.1. The summed E-state index contributed by atoms with van der Waals surface area (Å²) in [5.41, 5.74) is 0.822. The second-order valence-corrected chi connectivity index (χ2v) is 2.82. The van der Waals surface area contributed by atoms with Gasteiger partial charge in [0.2, 0.25) is 0 Å². The molecule has 0 radical (unpaired) electrons. The Labute approximate surface area is 74.2 Å². The van der Waals surface area contributed by atoms with Crippen LogP contribution < -0.4 is 0 Å². The normalized spacial score (nSPS) is 18.2. The van der Waals surface area contributed by atoms with Crippen molar-refractivity contribution in [3.8, 4) is 0 Å². The molecule has 2 N–H and O–H groups in total. The highest BCUT2D eigenvalue weighted by molar-refractivity contribution is 5.10. The van der Waals surface area contributed by atoms with E-state index in [0.717, 1.165) is 12.0 Å². The maximum absolute atomic E-state index is 9.48. The van der Waals surface area contributed by atoms with Gasteiger partial charge < -0.3 is 10.2 Å². The molecular formula is C10H18O2. The molecule has 0 amide bonds. The van der Waals surface area contributed by atoms with Crippen LogP contribution in [0.3, 0.4) is 0 Å². The predicted octanol–water partition coefficient (Wildman–Crippen LogP) is 1.64. The minimum absolute atomic E-state index is 0.763. The van der Waals surface area contributed by atoms with Crippen LogP contribution in [-0.4, -0.2) is 22.4 Å². The molecule has 0 aromatic rings. The highest BCUT2D eigenvalue weighted by Gasteiger charge is 2.13. The largest absolute Gasteiger partial charge is 0.386 e. The molecule has 0 fully saturated rings. The Bertz CT molecular complexity index is 171. The Morgan fingerprint density at radius 3 is 2.42 bits per heavy atom. The van der Waals surface area contributed by atoms with Gasteiger partial charge in [-0.25, -0.2) is 0 Å². The topological polar surface area (TPSA) is 40.5 Å². The monoisotopic (exact) mass is 170 g/mol. The van der Waals surface area contributed by atoms with E-state index in [0.29, 0.717) is 0 Å². The zero-order valence-corrected chi connectivity index (χ0v) is 7.99. The molecule has 0 spiro atoms. The van der Waals surface area contributed by atoms with E-state index in [4.69, 9.17) is 0 Å². The van der Waals surface area contributed by atoms with Gasteiger partial charge in [-0.15, -0.1) is 0 Å². The molecule has 0 saturated carbocycles. The average Bonchev–Trinajstić information content (AvgIpc) is 2.04. The minimum Gasteiger partial charge on any atom is -0.386 e. The van der Waals surface area contributed by atoms with Crippen LogP contribution in [0, 0.1) is 0 Å². The average molecular weight is 170 g/mol. The third-order valence-corrected chi connectivity index (χ3v) is 1.71. The Hall–Kier alpha value is -0.600. The van der Waals surface area contributed by atoms with Crippen molar-refractivity contribution >= 4 is 0 Å². The number of rotatable bonds is 4. The first-order valence-corrected chi connectivity index (χ1v) is 4.29. The molecule has 0 saturated heterocycles. The fourth-order valence-electron chi connectivity index (χ4n) is 1.01. The lowest BCUT2D eigenvalue weighted by Gasteiger charge is -2.14. The summed E-state index contributed by atoms with van der Waals surface area (Å²) in [6, 6.07) is 0. The Morgan fingerprint density at radius 2 is 2.00 bits per heavy atom. The van der Waals surface area contributed by atoms with Crippen LogP contribution in [0.4, 0.5) is 0 Å². The molecule has 0 bridgehead atoms. The van der Waals surface area contributed by atoms with E-state index in [1.807, 2.05) is 26.8 Å². The van der Waals surface area contributed by atoms with Crippen molar-refractivity contribution in [3.63, 3.8) is 0 Å². The quantitative estimate of drug-likeness (QED) is 0.630. The van der Waals surface area contributed by atoms with Crippen molar-refractivity contribution in [2.24, 2.45) is 0 Å². The van der Waals surface area contributed by atoms with Crippen LogP contribution in [0.15, 0.2) is 23.8 Å². The molecule has 0 aliphatic rings. The molecule has 0 aromatic carbocycles. The second-order valence-electron chi connectivity index (χ2n) is 2.82. The maximum Gasteiger partial charge on any atom is 0.104 e. The number of aliphatic hydroxyl groups is 2. The fraction of sp³-hybridized carbons (Fsp3) is 0.600. The van der Waals surface area contributed by atoms with Crippen molar-refractivity contribution in [3.05, 3.63) is 23.8 Å². The molecule has 70 valence electrons. The summed E-state index contributed by atoms with van der Waals surface area (Å²) in [6.07, 6.45) is 4.56. The molecule has 0 aliphatic heterocycles. The van der Waals surface area contributed by atoms with Crippen LogP contribution >= 0.6 is 0 Å². The third kappa shape index (κ3) is 3.69. The summed E-state index contributed by atoms with van der Waals surface area (Å²) >= 11 is 0. The van der Waals surface area contributed by atoms with E-state index in [-0.39, 0.29) is 0 Å². The first-order chi connectivity index (χ1) is 5.63. The molecule has 0 aromatic heterocycles. The van der Waals surface area contributed by atoms with Gasteiger partial charge in [0.05, 0.1) is 0 Å². The Kier molecular flexibility index (Phi) is 5.68. The van der Waals surface area contributed by atoms with Gasteiger partial charge >= 0.3 is 0 Å². The van der Waals surface area contributed by atoms with E-state index in [1.165, 1.54) is 0 Å². The van der Waals surface area contributed by atoms with Crippen LogP contribution in [-0.2, 0) is 0 Å². The Balaban J connectivity index is 4.17. The zero-order chi connectivity index (χ0) is 9.56. The van der Waals surface area contributed by atoms with Crippen molar-refractivity contribution in [1.29, 1.82) is 0 Å². The van der Waals surface area contributed by atoms with Crippen LogP contribution in [0.25, 0.3) is 0 Å². The van der Waals surface area contributed by atoms with Crippen molar-refractivity contribution in [1.82, 2.24) is 0 Å². The summed E-state index contributed by atoms with van der Waals surface area (Å²) in [5, 5.41) is 18.8. The summed E-state index contributed by atoms with van der Waals surface area (Å²) in [4.78, 5) is 0. The van der Waals surface area contributed by atoms with Gasteiger partial charge in [0, 0.05) is 0 Å². The molecular weight excluding hydrogens is 152 g/mol. The van der Waals surface area contributed by atoms with Gasteiger partial charge in [-0.05, 0) is 25.8 Å². The van der Waals surface area contributed by atoms with Crippen molar-refractivity contribution in [2.45, 2.75) is 39.4 Å². The number of hydrogen-bond donors (Lipinski definition) is 2. The van der Waals surface area contributed by atoms with Gasteiger partial charge in [-0.2, -0.15) is 0 Å². The lowest BCUT2D eigenvalue weighted by Crippen LogP contribution is -2.24. The molecule has 2 nitrogen and oxygen atoms in total. The van der Waals surface area contributed by atoms with Crippen LogP contribution in [0.2, 0.25) is 0 Å². The summed E-state index contributed by atoms with van der Waals surface area (Å²) in [5.74, 6) is 0. The van der Waals surface area contributed by atoms with E-state index in [9.17, 15) is 10.2 Å². The lowest BCUT2D eigenvalue weighted by molar-refractivity contribution is 0.0729. The van der Waals surface area contributed by atoms with E-state index in [2.05, 4.69) is 0 Å². The highest BCUT2D eigenvalue weighted by Crippen LogP contribution is 2.08. The van der Waals surface area contributed by atoms with Crippen LogP contribution in [0.5, 0.6) is 0 Å². The number of allylic oxidation sites excluding steroid dienone is 2. The molecule has 0 rings (SSSR count). The SMILES string of the molecule is C/C=C/C(O)C(O)/C(C)=C/CC. The third-order valence-electron chi connectivity index (χ3n) is 1.71. The Morgan fingerprint density at radius 1 is 1.42 bits per heavy atom. The van der Waals surface area contributed by atoms with Crippen molar-refractivity contribution < 1.29 is 10.2 Å². The van der Waals surface area contributed by atoms with Crippen LogP contribution in [0.1, 0.15) is 27.2 Å². The zero-order valence-electron chi connectivity index (χ0n) is 7.99. The molecule has 0 aliphatic carbocycles. The predicted molar refractivity (Wildman–Crippen MR) is 50.9 cm³/mol. The molecule has 2 atom stereocenters. The smallest absolute Gasteiger partial charge is 0.104 e. The van der Waals surface area contributed by atoms with Gasteiger partial charge in [0.25, 0.3) is 0 Å². The first-order valence-electron chi connectivity index (χ1n) is 4.29. The van der Waals surface area contributed by atoms with Gasteiger partial charge in [0.15, 0.2) is 0 Å². The van der Waals surface area contributed by atoms with Gasteiger partial charge in [-0.1, -0.05) is 25.2 Å². The first kappa shape index (κ1) is 11.4. The summed E-state index contributed by atoms with van der Waals surface area (Å²) in [7, 11) is 0. The van der Waals surface area contributed by atoms with E-state index < -0.39 is 12.2 Å². The summed E-state index contributed by atoms with van der Waals surface area (Å²) < 4.78 is 0. The fourth-order valence-corrected chi connectivity index (χ4v) is 1.01. The van der Waals surface area contributed by atoms with Gasteiger partial charge in [0.1, 0.15) is 12.2 Å².